The number of esters is 1. The van der Waals surface area contributed by atoms with Gasteiger partial charge in [-0.1, -0.05) is 26.0 Å². The van der Waals surface area contributed by atoms with E-state index in [1.807, 2.05) is 38.1 Å². The summed E-state index contributed by atoms with van der Waals surface area (Å²) in [6.45, 7) is 8.23. The van der Waals surface area contributed by atoms with Gasteiger partial charge in [0.2, 0.25) is 12.1 Å². The van der Waals surface area contributed by atoms with Gasteiger partial charge in [-0.05, 0) is 62.6 Å². The van der Waals surface area contributed by atoms with E-state index in [1.54, 1.807) is 0 Å². The first-order chi connectivity index (χ1) is 15.3. The molecule has 4 heterocycles. The van der Waals surface area contributed by atoms with Gasteiger partial charge >= 0.3 is 5.97 Å². The first-order valence-corrected chi connectivity index (χ1v) is 11.8. The molecule has 1 spiro atoms. The lowest BCUT2D eigenvalue weighted by atomic mass is 9.58. The lowest BCUT2D eigenvalue weighted by Gasteiger charge is -2.60. The van der Waals surface area contributed by atoms with Gasteiger partial charge < -0.3 is 18.9 Å². The monoisotopic (exact) mass is 446 g/mol. The van der Waals surface area contributed by atoms with E-state index in [0.717, 1.165) is 31.2 Å². The molecule has 6 rings (SSSR count). The summed E-state index contributed by atoms with van der Waals surface area (Å²) in [5, 5.41) is 0. The number of ether oxygens (including phenoxy) is 4. The van der Waals surface area contributed by atoms with Crippen LogP contribution in [-0.4, -0.2) is 37.0 Å². The van der Waals surface area contributed by atoms with Crippen molar-refractivity contribution in [1.29, 1.82) is 0 Å². The van der Waals surface area contributed by atoms with Crippen LogP contribution in [-0.2, 0) is 28.8 Å². The summed E-state index contributed by atoms with van der Waals surface area (Å²) >= 11 is 0. The van der Waals surface area contributed by atoms with Gasteiger partial charge in [-0.15, -0.1) is 0 Å². The molecular formula is C25H34O7. The summed E-state index contributed by atoms with van der Waals surface area (Å²) in [5.41, 5.74) is 0.292. The van der Waals surface area contributed by atoms with Crippen molar-refractivity contribution in [1.82, 2.24) is 0 Å². The molecule has 0 N–H and O–H groups in total. The fourth-order valence-corrected chi connectivity index (χ4v) is 6.29. The summed E-state index contributed by atoms with van der Waals surface area (Å²) in [4.78, 5) is 23.9. The second kappa shape index (κ2) is 7.97. The molecule has 32 heavy (non-hydrogen) atoms. The molecule has 1 aromatic carbocycles. The highest BCUT2D eigenvalue weighted by Crippen LogP contribution is 2.60. The largest absolute Gasteiger partial charge is 0.469 e. The highest BCUT2D eigenvalue weighted by Gasteiger charge is 2.69. The van der Waals surface area contributed by atoms with Crippen LogP contribution in [0.15, 0.2) is 24.3 Å². The quantitative estimate of drug-likeness (QED) is 0.496. The Bertz CT molecular complexity index is 856. The number of fused-ring (bicyclic) bond motifs is 2. The number of hydrogen-bond acceptors (Lipinski definition) is 7. The maximum atomic E-state index is 11.8. The van der Waals surface area contributed by atoms with Gasteiger partial charge in [0.1, 0.15) is 5.75 Å². The zero-order valence-electron chi connectivity index (χ0n) is 19.5. The maximum Gasteiger partial charge on any atom is 0.312 e. The zero-order chi connectivity index (χ0) is 22.7. The Balaban J connectivity index is 1.38. The summed E-state index contributed by atoms with van der Waals surface area (Å²) < 4.78 is 24.0. The van der Waals surface area contributed by atoms with Crippen LogP contribution in [0.3, 0.4) is 0 Å². The van der Waals surface area contributed by atoms with E-state index in [4.69, 9.17) is 28.7 Å². The van der Waals surface area contributed by atoms with E-state index < -0.39 is 24.0 Å². The van der Waals surface area contributed by atoms with Crippen molar-refractivity contribution in [3.63, 3.8) is 0 Å². The van der Waals surface area contributed by atoms with Crippen molar-refractivity contribution >= 4 is 5.97 Å². The molecule has 5 aliphatic rings. The third-order valence-electron chi connectivity index (χ3n) is 8.28. The van der Waals surface area contributed by atoms with E-state index in [0.29, 0.717) is 17.6 Å². The molecule has 0 radical (unpaired) electrons. The van der Waals surface area contributed by atoms with Gasteiger partial charge in [0, 0.05) is 18.3 Å². The Kier molecular flexibility index (Phi) is 5.52. The fraction of sp³-hybridized carbons (Fsp3) is 0.720. The summed E-state index contributed by atoms with van der Waals surface area (Å²) in [6.07, 6.45) is 2.99. The molecule has 1 aromatic rings. The molecular weight excluding hydrogens is 412 g/mol. The SMILES string of the molecule is COC(=O)C(C)c1ccc(O[C@H]2O[C@@H]3O[C@@]4(C)CC[C@H]5[C@H](C)CC[C@@H]([C@H]2C)[C@@]35OO4)cc1. The topological polar surface area (TPSA) is 72.5 Å². The Morgan fingerprint density at radius 2 is 1.84 bits per heavy atom. The molecule has 1 saturated carbocycles. The highest BCUT2D eigenvalue weighted by molar-refractivity contribution is 5.77. The third kappa shape index (κ3) is 3.36. The van der Waals surface area contributed by atoms with Crippen molar-refractivity contribution in [3.8, 4) is 5.75 Å². The predicted octanol–water partition coefficient (Wildman–Crippen LogP) is 4.55. The zero-order valence-corrected chi connectivity index (χ0v) is 19.5. The molecule has 1 aliphatic carbocycles. The van der Waals surface area contributed by atoms with Gasteiger partial charge in [-0.3, -0.25) is 4.79 Å². The van der Waals surface area contributed by atoms with Crippen LogP contribution in [0, 0.1) is 23.7 Å². The lowest BCUT2D eigenvalue weighted by molar-refractivity contribution is -0.575. The summed E-state index contributed by atoms with van der Waals surface area (Å²) in [5.74, 6) is 0.490. The molecule has 4 aliphatic heterocycles. The molecule has 7 heteroatoms. The molecule has 7 nitrogen and oxygen atoms in total. The Morgan fingerprint density at radius 1 is 1.09 bits per heavy atom. The number of rotatable bonds is 4. The van der Waals surface area contributed by atoms with Gasteiger partial charge in [0.05, 0.1) is 13.0 Å². The van der Waals surface area contributed by atoms with E-state index in [9.17, 15) is 4.79 Å². The van der Waals surface area contributed by atoms with Crippen molar-refractivity contribution in [2.45, 2.75) is 83.3 Å². The highest BCUT2D eigenvalue weighted by atomic mass is 17.3. The van der Waals surface area contributed by atoms with Crippen LogP contribution in [0.25, 0.3) is 0 Å². The van der Waals surface area contributed by atoms with E-state index >= 15 is 0 Å². The first kappa shape index (κ1) is 22.1. The first-order valence-electron chi connectivity index (χ1n) is 11.8. The van der Waals surface area contributed by atoms with Gasteiger partial charge in [0.15, 0.2) is 11.9 Å². The smallest absolute Gasteiger partial charge is 0.312 e. The van der Waals surface area contributed by atoms with Crippen LogP contribution >= 0.6 is 0 Å². The third-order valence-corrected chi connectivity index (χ3v) is 8.28. The Morgan fingerprint density at radius 3 is 2.56 bits per heavy atom. The lowest BCUT2D eigenvalue weighted by Crippen LogP contribution is -2.70. The average molecular weight is 447 g/mol. The van der Waals surface area contributed by atoms with Crippen LogP contribution in [0.4, 0.5) is 0 Å². The van der Waals surface area contributed by atoms with E-state index in [1.165, 1.54) is 7.11 Å². The van der Waals surface area contributed by atoms with Crippen molar-refractivity contribution in [2.75, 3.05) is 7.11 Å². The second-order valence-electron chi connectivity index (χ2n) is 10.2. The minimum absolute atomic E-state index is 0.101. The van der Waals surface area contributed by atoms with Gasteiger partial charge in [-0.2, -0.15) is 0 Å². The maximum absolute atomic E-state index is 11.8. The molecule has 4 saturated heterocycles. The molecule has 0 amide bonds. The minimum Gasteiger partial charge on any atom is -0.469 e. The van der Waals surface area contributed by atoms with Gasteiger partial charge in [0.25, 0.3) is 0 Å². The average Bonchev–Trinajstić information content (AvgIpc) is 3.02. The summed E-state index contributed by atoms with van der Waals surface area (Å²) in [7, 11) is 1.40. The number of hydrogen-bond donors (Lipinski definition) is 0. The summed E-state index contributed by atoms with van der Waals surface area (Å²) in [6, 6.07) is 7.54. The predicted molar refractivity (Wildman–Crippen MR) is 114 cm³/mol. The van der Waals surface area contributed by atoms with Crippen molar-refractivity contribution < 1.29 is 33.5 Å². The van der Waals surface area contributed by atoms with Crippen LogP contribution in [0.2, 0.25) is 0 Å². The van der Waals surface area contributed by atoms with Crippen molar-refractivity contribution in [3.05, 3.63) is 29.8 Å². The van der Waals surface area contributed by atoms with Gasteiger partial charge in [-0.25, -0.2) is 9.78 Å². The molecule has 9 atom stereocenters. The molecule has 0 aromatic heterocycles. The molecule has 176 valence electrons. The fourth-order valence-electron chi connectivity index (χ4n) is 6.29. The van der Waals surface area contributed by atoms with E-state index in [2.05, 4.69) is 13.8 Å². The number of methoxy groups -OCH3 is 1. The molecule has 5 fully saturated rings. The normalized spacial score (nSPS) is 43.7. The Hall–Kier alpha value is -1.67. The van der Waals surface area contributed by atoms with Crippen LogP contribution < -0.4 is 4.74 Å². The standard InChI is InChI=1S/C25H34O7/c1-14-6-11-20-16(3)22(28-18-9-7-17(8-10-18)15(2)21(26)27-5)29-23-25(20)19(14)12-13-24(4,30-23)31-32-25/h7-10,14-16,19-20,22-23H,6,11-13H2,1-5H3/t14-,15?,16-,19+,20+,22+,23-,24-,25-/m1/s1. The van der Waals surface area contributed by atoms with Crippen LogP contribution in [0.1, 0.15) is 64.9 Å². The minimum atomic E-state index is -0.797. The number of carbonyl (C=O) groups is 1. The Labute approximate surface area is 189 Å². The van der Waals surface area contributed by atoms with Crippen LogP contribution in [0.5, 0.6) is 5.75 Å². The molecule has 1 unspecified atom stereocenters. The number of benzene rings is 1. The number of carbonyl (C=O) groups excluding carboxylic acids is 1. The molecule has 2 bridgehead atoms. The second-order valence-corrected chi connectivity index (χ2v) is 10.2. The van der Waals surface area contributed by atoms with E-state index in [-0.39, 0.29) is 23.7 Å². The van der Waals surface area contributed by atoms with Crippen molar-refractivity contribution in [2.24, 2.45) is 23.7 Å².